The van der Waals surface area contributed by atoms with E-state index >= 15 is 0 Å². The number of nitro benzene ring substituents is 1. The normalized spacial score (nSPS) is 13.7. The quantitative estimate of drug-likeness (QED) is 0.215. The van der Waals surface area contributed by atoms with Gasteiger partial charge < -0.3 is 4.74 Å². The molecule has 1 heterocycles. The van der Waals surface area contributed by atoms with Crippen molar-refractivity contribution in [2.75, 3.05) is 0 Å². The Morgan fingerprint density at radius 2 is 2.00 bits per heavy atom. The number of nitrogens with zero attached hydrogens (tertiary/aromatic N) is 1. The highest BCUT2D eigenvalue weighted by Crippen LogP contribution is 2.29. The Labute approximate surface area is 77.2 Å². The SMILES string of the molecule is O=C1Oc2ccc([N+](=O)[O-])cc2C1=O. The van der Waals surface area contributed by atoms with Gasteiger partial charge in [0, 0.05) is 12.1 Å². The molecule has 0 radical (unpaired) electrons. The van der Waals surface area contributed by atoms with Crippen LogP contribution in [0, 0.1) is 10.1 Å². The van der Waals surface area contributed by atoms with Crippen LogP contribution in [0.1, 0.15) is 10.4 Å². The first-order chi connectivity index (χ1) is 6.59. The van der Waals surface area contributed by atoms with Crippen molar-refractivity contribution in [2.24, 2.45) is 0 Å². The summed E-state index contributed by atoms with van der Waals surface area (Å²) in [6.07, 6.45) is 0. The molecule has 0 N–H and O–H groups in total. The Bertz CT molecular complexity index is 465. The summed E-state index contributed by atoms with van der Waals surface area (Å²) in [5.74, 6) is -1.77. The summed E-state index contributed by atoms with van der Waals surface area (Å²) in [7, 11) is 0. The van der Waals surface area contributed by atoms with Crippen LogP contribution in [0.25, 0.3) is 0 Å². The summed E-state index contributed by atoms with van der Waals surface area (Å²) in [5, 5.41) is 10.4. The van der Waals surface area contributed by atoms with E-state index in [9.17, 15) is 19.7 Å². The average Bonchev–Trinajstić information content (AvgIpc) is 2.43. The van der Waals surface area contributed by atoms with Gasteiger partial charge in [0.15, 0.2) is 0 Å². The first-order valence-electron chi connectivity index (χ1n) is 3.64. The third-order valence-electron chi connectivity index (χ3n) is 1.81. The molecule has 0 fully saturated rings. The van der Waals surface area contributed by atoms with Crippen LogP contribution in [0.3, 0.4) is 0 Å². The van der Waals surface area contributed by atoms with Crippen molar-refractivity contribution in [2.45, 2.75) is 0 Å². The predicted octanol–water partition coefficient (Wildman–Crippen LogP) is 0.696. The van der Waals surface area contributed by atoms with Crippen LogP contribution in [0.2, 0.25) is 0 Å². The average molecular weight is 193 g/mol. The number of Topliss-reactive ketones (excluding diaryl/α,β-unsaturated/α-hetero) is 1. The van der Waals surface area contributed by atoms with Gasteiger partial charge in [0.25, 0.3) is 11.5 Å². The summed E-state index contributed by atoms with van der Waals surface area (Å²) in [6, 6.07) is 3.43. The van der Waals surface area contributed by atoms with Crippen LogP contribution in [0.15, 0.2) is 18.2 Å². The molecule has 1 aliphatic rings. The Morgan fingerprint density at radius 1 is 1.29 bits per heavy atom. The van der Waals surface area contributed by atoms with Crippen molar-refractivity contribution in [3.8, 4) is 5.75 Å². The monoisotopic (exact) mass is 193 g/mol. The maximum atomic E-state index is 11.1. The van der Waals surface area contributed by atoms with E-state index in [1.54, 1.807) is 0 Å². The molecule has 1 aromatic carbocycles. The molecule has 0 saturated heterocycles. The lowest BCUT2D eigenvalue weighted by Crippen LogP contribution is -2.10. The zero-order chi connectivity index (χ0) is 10.3. The van der Waals surface area contributed by atoms with Gasteiger partial charge in [0.05, 0.1) is 10.5 Å². The summed E-state index contributed by atoms with van der Waals surface area (Å²) in [6.45, 7) is 0. The molecule has 1 aromatic rings. The minimum atomic E-state index is -1.000. The highest BCUT2D eigenvalue weighted by Gasteiger charge is 2.32. The number of hydrogen-bond donors (Lipinski definition) is 0. The molecule has 1 aliphatic heterocycles. The van der Waals surface area contributed by atoms with E-state index in [1.807, 2.05) is 0 Å². The maximum Gasteiger partial charge on any atom is 0.385 e. The molecule has 70 valence electrons. The number of rotatable bonds is 1. The lowest BCUT2D eigenvalue weighted by atomic mass is 10.1. The molecule has 2 rings (SSSR count). The molecule has 0 amide bonds. The van der Waals surface area contributed by atoms with E-state index in [0.29, 0.717) is 0 Å². The van der Waals surface area contributed by atoms with Crippen molar-refractivity contribution < 1.29 is 19.2 Å². The van der Waals surface area contributed by atoms with Crippen LogP contribution in [-0.2, 0) is 4.79 Å². The number of non-ortho nitro benzene ring substituents is 1. The van der Waals surface area contributed by atoms with Gasteiger partial charge in [-0.25, -0.2) is 4.79 Å². The van der Waals surface area contributed by atoms with Crippen LogP contribution in [0.5, 0.6) is 5.75 Å². The number of carbonyl (C=O) groups is 2. The molecule has 0 unspecified atom stereocenters. The summed E-state index contributed by atoms with van der Waals surface area (Å²) < 4.78 is 4.54. The molecule has 0 atom stereocenters. The van der Waals surface area contributed by atoms with Gasteiger partial charge in [-0.3, -0.25) is 14.9 Å². The van der Waals surface area contributed by atoms with Crippen molar-refractivity contribution in [3.63, 3.8) is 0 Å². The van der Waals surface area contributed by atoms with Gasteiger partial charge in [-0.15, -0.1) is 0 Å². The molecule has 0 saturated carbocycles. The van der Waals surface area contributed by atoms with E-state index in [2.05, 4.69) is 4.74 Å². The second kappa shape index (κ2) is 2.63. The lowest BCUT2D eigenvalue weighted by Gasteiger charge is -1.94. The van der Waals surface area contributed by atoms with E-state index in [0.717, 1.165) is 6.07 Å². The first kappa shape index (κ1) is 8.36. The van der Waals surface area contributed by atoms with Crippen molar-refractivity contribution in [1.29, 1.82) is 0 Å². The lowest BCUT2D eigenvalue weighted by molar-refractivity contribution is -0.384. The molecule has 0 bridgehead atoms. The fourth-order valence-electron chi connectivity index (χ4n) is 1.15. The minimum absolute atomic E-state index is 0.0517. The molecular formula is C8H3NO5. The molecular weight excluding hydrogens is 190 g/mol. The van der Waals surface area contributed by atoms with Crippen LogP contribution >= 0.6 is 0 Å². The Kier molecular flexibility index (Phi) is 1.57. The number of ketones is 1. The molecule has 6 nitrogen and oxygen atoms in total. The third-order valence-corrected chi connectivity index (χ3v) is 1.81. The fraction of sp³-hybridized carbons (Fsp3) is 0. The second-order valence-electron chi connectivity index (χ2n) is 2.66. The topological polar surface area (TPSA) is 86.5 Å². The number of esters is 1. The number of hydrogen-bond acceptors (Lipinski definition) is 5. The number of ether oxygens (including phenoxy) is 1. The second-order valence-corrected chi connectivity index (χ2v) is 2.66. The van der Waals surface area contributed by atoms with Crippen molar-refractivity contribution in [1.82, 2.24) is 0 Å². The standard InChI is InChI=1S/C8H3NO5/c10-7-5-3-4(9(12)13)1-2-6(5)14-8(7)11/h1-3H. The fourth-order valence-corrected chi connectivity index (χ4v) is 1.15. The van der Waals surface area contributed by atoms with Crippen molar-refractivity contribution in [3.05, 3.63) is 33.9 Å². The highest BCUT2D eigenvalue weighted by molar-refractivity contribution is 6.44. The maximum absolute atomic E-state index is 11.1. The van der Waals surface area contributed by atoms with Gasteiger partial charge >= 0.3 is 5.97 Å². The molecule has 14 heavy (non-hydrogen) atoms. The Morgan fingerprint density at radius 3 is 2.64 bits per heavy atom. The van der Waals surface area contributed by atoms with Gasteiger partial charge in [-0.05, 0) is 6.07 Å². The molecule has 6 heteroatoms. The Balaban J connectivity index is 2.57. The molecule has 0 spiro atoms. The summed E-state index contributed by atoms with van der Waals surface area (Å²) in [5.41, 5.74) is -0.292. The number of carbonyl (C=O) groups excluding carboxylic acids is 2. The number of fused-ring (bicyclic) bond motifs is 1. The van der Waals surface area contributed by atoms with Gasteiger partial charge in [-0.1, -0.05) is 0 Å². The molecule has 0 aliphatic carbocycles. The molecule has 0 aromatic heterocycles. The third kappa shape index (κ3) is 1.05. The van der Waals surface area contributed by atoms with Crippen LogP contribution < -0.4 is 4.74 Å². The van der Waals surface area contributed by atoms with Crippen LogP contribution in [0.4, 0.5) is 5.69 Å². The minimum Gasteiger partial charge on any atom is -0.420 e. The van der Waals surface area contributed by atoms with E-state index < -0.39 is 16.7 Å². The smallest absolute Gasteiger partial charge is 0.385 e. The first-order valence-corrected chi connectivity index (χ1v) is 3.64. The number of benzene rings is 1. The Hall–Kier alpha value is -2.24. The van der Waals surface area contributed by atoms with Crippen molar-refractivity contribution >= 4 is 17.4 Å². The van der Waals surface area contributed by atoms with Gasteiger partial charge in [-0.2, -0.15) is 0 Å². The zero-order valence-electron chi connectivity index (χ0n) is 6.72. The largest absolute Gasteiger partial charge is 0.420 e. The zero-order valence-corrected chi connectivity index (χ0v) is 6.72. The van der Waals surface area contributed by atoms with E-state index in [-0.39, 0.29) is 17.0 Å². The van der Waals surface area contributed by atoms with Gasteiger partial charge in [0.1, 0.15) is 5.75 Å². The van der Waals surface area contributed by atoms with Gasteiger partial charge in [0.2, 0.25) is 0 Å². The summed E-state index contributed by atoms with van der Waals surface area (Å²) >= 11 is 0. The van der Waals surface area contributed by atoms with E-state index in [1.165, 1.54) is 12.1 Å². The van der Waals surface area contributed by atoms with E-state index in [4.69, 9.17) is 0 Å². The highest BCUT2D eigenvalue weighted by atomic mass is 16.6. The number of nitro groups is 1. The van der Waals surface area contributed by atoms with Crippen LogP contribution in [-0.4, -0.2) is 16.7 Å². The summed E-state index contributed by atoms with van der Waals surface area (Å²) in [4.78, 5) is 31.6. The predicted molar refractivity (Wildman–Crippen MR) is 43.1 cm³/mol.